The Labute approximate surface area is 143 Å². The Bertz CT molecular complexity index is 592. The molecule has 2 atom stereocenters. The van der Waals surface area contributed by atoms with Gasteiger partial charge < -0.3 is 14.8 Å². The summed E-state index contributed by atoms with van der Waals surface area (Å²) < 4.78 is 10.7. The average Bonchev–Trinajstić information content (AvgIpc) is 2.56. The minimum atomic E-state index is -0.430. The van der Waals surface area contributed by atoms with Crippen LogP contribution in [-0.4, -0.2) is 24.6 Å². The van der Waals surface area contributed by atoms with Crippen LogP contribution in [0.5, 0.6) is 5.75 Å². The number of rotatable bonds is 6. The third-order valence-corrected chi connectivity index (χ3v) is 3.86. The normalized spacial score (nSPS) is 19.8. The monoisotopic (exact) mass is 331 g/mol. The number of amides is 1. The molecule has 0 aliphatic heterocycles. The van der Waals surface area contributed by atoms with Gasteiger partial charge in [0, 0.05) is 5.69 Å². The van der Waals surface area contributed by atoms with E-state index in [0.29, 0.717) is 25.1 Å². The maximum Gasteiger partial charge on any atom is 0.310 e. The van der Waals surface area contributed by atoms with Gasteiger partial charge in [-0.3, -0.25) is 9.59 Å². The Balaban J connectivity index is 2.03. The lowest BCUT2D eigenvalue weighted by Gasteiger charge is -2.26. The van der Waals surface area contributed by atoms with Gasteiger partial charge in [-0.05, 0) is 57.9 Å². The Hall–Kier alpha value is -2.30. The third-order valence-electron chi connectivity index (χ3n) is 3.86. The summed E-state index contributed by atoms with van der Waals surface area (Å²) in [6.07, 6.45) is 4.78. The van der Waals surface area contributed by atoms with Crippen molar-refractivity contribution in [3.63, 3.8) is 0 Å². The van der Waals surface area contributed by atoms with Crippen molar-refractivity contribution < 1.29 is 19.1 Å². The first kappa shape index (κ1) is 18.0. The first-order valence-electron chi connectivity index (χ1n) is 8.40. The zero-order valence-electron chi connectivity index (χ0n) is 14.5. The highest BCUT2D eigenvalue weighted by atomic mass is 16.5. The van der Waals surface area contributed by atoms with Crippen molar-refractivity contribution in [2.75, 3.05) is 11.9 Å². The van der Waals surface area contributed by atoms with Gasteiger partial charge in [-0.2, -0.15) is 0 Å². The third kappa shape index (κ3) is 4.85. The number of esters is 1. The molecule has 5 heteroatoms. The first-order chi connectivity index (χ1) is 11.5. The largest absolute Gasteiger partial charge is 0.494 e. The SMILES string of the molecule is CCOc1ccc(NC(=O)C2CC=CCC2C(=O)OC(C)C)cc1. The van der Waals surface area contributed by atoms with Gasteiger partial charge in [0.2, 0.25) is 5.91 Å². The smallest absolute Gasteiger partial charge is 0.310 e. The van der Waals surface area contributed by atoms with Gasteiger partial charge in [-0.25, -0.2) is 0 Å². The van der Waals surface area contributed by atoms with Gasteiger partial charge in [-0.1, -0.05) is 12.2 Å². The fourth-order valence-corrected chi connectivity index (χ4v) is 2.72. The van der Waals surface area contributed by atoms with E-state index in [-0.39, 0.29) is 18.0 Å². The van der Waals surface area contributed by atoms with Crippen LogP contribution in [-0.2, 0) is 14.3 Å². The lowest BCUT2D eigenvalue weighted by molar-refractivity contribution is -0.156. The number of anilines is 1. The number of ether oxygens (including phenoxy) is 2. The molecule has 1 aromatic carbocycles. The van der Waals surface area contributed by atoms with Crippen LogP contribution >= 0.6 is 0 Å². The average molecular weight is 331 g/mol. The zero-order valence-corrected chi connectivity index (χ0v) is 14.5. The Kier molecular flexibility index (Phi) is 6.41. The summed E-state index contributed by atoms with van der Waals surface area (Å²) in [5.41, 5.74) is 0.689. The maximum atomic E-state index is 12.6. The van der Waals surface area contributed by atoms with Crippen LogP contribution < -0.4 is 10.1 Å². The van der Waals surface area contributed by atoms with E-state index in [0.717, 1.165) is 5.75 Å². The molecule has 0 heterocycles. The van der Waals surface area contributed by atoms with Gasteiger partial charge in [-0.15, -0.1) is 0 Å². The number of carbonyl (C=O) groups is 2. The minimum Gasteiger partial charge on any atom is -0.494 e. The van der Waals surface area contributed by atoms with Gasteiger partial charge in [0.15, 0.2) is 0 Å². The Morgan fingerprint density at radius 3 is 2.33 bits per heavy atom. The fraction of sp³-hybridized carbons (Fsp3) is 0.474. The number of allylic oxidation sites excluding steroid dienone is 2. The summed E-state index contributed by atoms with van der Waals surface area (Å²) in [6, 6.07) is 7.21. The Morgan fingerprint density at radius 2 is 1.75 bits per heavy atom. The molecular formula is C19H25NO4. The first-order valence-corrected chi connectivity index (χ1v) is 8.40. The summed E-state index contributed by atoms with van der Waals surface area (Å²) >= 11 is 0. The molecule has 1 amide bonds. The molecule has 0 fully saturated rings. The van der Waals surface area contributed by atoms with Crippen molar-refractivity contribution in [3.8, 4) is 5.75 Å². The van der Waals surface area contributed by atoms with E-state index in [2.05, 4.69) is 5.32 Å². The topological polar surface area (TPSA) is 64.6 Å². The molecule has 0 aromatic heterocycles. The van der Waals surface area contributed by atoms with E-state index in [1.165, 1.54) is 0 Å². The Morgan fingerprint density at radius 1 is 1.12 bits per heavy atom. The lowest BCUT2D eigenvalue weighted by atomic mass is 9.82. The predicted molar refractivity (Wildman–Crippen MR) is 92.8 cm³/mol. The predicted octanol–water partition coefficient (Wildman–Crippen LogP) is 3.56. The number of hydrogen-bond donors (Lipinski definition) is 1. The maximum absolute atomic E-state index is 12.6. The molecular weight excluding hydrogens is 306 g/mol. The summed E-state index contributed by atoms with van der Waals surface area (Å²) in [5, 5.41) is 2.88. The van der Waals surface area contributed by atoms with Crippen molar-refractivity contribution in [2.24, 2.45) is 11.8 Å². The molecule has 0 radical (unpaired) electrons. The summed E-state index contributed by atoms with van der Waals surface area (Å²) in [5.74, 6) is -0.544. The van der Waals surface area contributed by atoms with E-state index in [4.69, 9.17) is 9.47 Å². The van der Waals surface area contributed by atoms with E-state index >= 15 is 0 Å². The molecule has 130 valence electrons. The summed E-state index contributed by atoms with van der Waals surface area (Å²) in [4.78, 5) is 24.8. The van der Waals surface area contributed by atoms with E-state index in [9.17, 15) is 9.59 Å². The standard InChI is InChI=1S/C19H25NO4/c1-4-23-15-11-9-14(10-12-15)20-18(21)16-7-5-6-8-17(16)19(22)24-13(2)3/h5-6,9-13,16-17H,4,7-8H2,1-3H3,(H,20,21). The molecule has 2 rings (SSSR count). The van der Waals surface area contributed by atoms with Crippen molar-refractivity contribution in [3.05, 3.63) is 36.4 Å². The van der Waals surface area contributed by atoms with Crippen molar-refractivity contribution in [1.82, 2.24) is 0 Å². The van der Waals surface area contributed by atoms with Gasteiger partial charge in [0.05, 0.1) is 24.5 Å². The van der Waals surface area contributed by atoms with Crippen LogP contribution in [0.15, 0.2) is 36.4 Å². The van der Waals surface area contributed by atoms with Crippen LogP contribution in [0.2, 0.25) is 0 Å². The van der Waals surface area contributed by atoms with E-state index in [1.807, 2.05) is 45.1 Å². The number of carbonyl (C=O) groups excluding carboxylic acids is 2. The highest BCUT2D eigenvalue weighted by molar-refractivity contribution is 5.95. The molecule has 2 unspecified atom stereocenters. The van der Waals surface area contributed by atoms with Crippen molar-refractivity contribution in [1.29, 1.82) is 0 Å². The number of hydrogen-bond acceptors (Lipinski definition) is 4. The molecule has 1 aromatic rings. The van der Waals surface area contributed by atoms with Crippen LogP contribution in [0.25, 0.3) is 0 Å². The highest BCUT2D eigenvalue weighted by Gasteiger charge is 2.35. The highest BCUT2D eigenvalue weighted by Crippen LogP contribution is 2.29. The van der Waals surface area contributed by atoms with Crippen LogP contribution in [0, 0.1) is 11.8 Å². The molecule has 0 saturated carbocycles. The van der Waals surface area contributed by atoms with Gasteiger partial charge in [0.25, 0.3) is 0 Å². The molecule has 1 N–H and O–H groups in total. The summed E-state index contributed by atoms with van der Waals surface area (Å²) in [6.45, 7) is 6.14. The molecule has 0 bridgehead atoms. The van der Waals surface area contributed by atoms with Gasteiger partial charge in [0.1, 0.15) is 5.75 Å². The van der Waals surface area contributed by atoms with Crippen LogP contribution in [0.4, 0.5) is 5.69 Å². The number of benzene rings is 1. The van der Waals surface area contributed by atoms with Crippen molar-refractivity contribution in [2.45, 2.75) is 39.7 Å². The van der Waals surface area contributed by atoms with Crippen molar-refractivity contribution >= 4 is 17.6 Å². The quantitative estimate of drug-likeness (QED) is 0.639. The van der Waals surface area contributed by atoms with E-state index in [1.54, 1.807) is 12.1 Å². The molecule has 5 nitrogen and oxygen atoms in total. The summed E-state index contributed by atoms with van der Waals surface area (Å²) in [7, 11) is 0. The molecule has 0 saturated heterocycles. The van der Waals surface area contributed by atoms with Gasteiger partial charge >= 0.3 is 5.97 Å². The second kappa shape index (κ2) is 8.52. The van der Waals surface area contributed by atoms with Crippen LogP contribution in [0.3, 0.4) is 0 Å². The van der Waals surface area contributed by atoms with E-state index < -0.39 is 11.8 Å². The fourth-order valence-electron chi connectivity index (χ4n) is 2.72. The second-order valence-electron chi connectivity index (χ2n) is 6.09. The van der Waals surface area contributed by atoms with Crippen LogP contribution in [0.1, 0.15) is 33.6 Å². The zero-order chi connectivity index (χ0) is 17.5. The minimum absolute atomic E-state index is 0.158. The molecule has 1 aliphatic rings. The molecule has 1 aliphatic carbocycles. The molecule has 24 heavy (non-hydrogen) atoms. The lowest BCUT2D eigenvalue weighted by Crippen LogP contribution is -2.36. The molecule has 0 spiro atoms. The number of nitrogens with one attached hydrogen (secondary N) is 1. The second-order valence-corrected chi connectivity index (χ2v) is 6.09.